The van der Waals surface area contributed by atoms with Gasteiger partial charge in [-0.25, -0.2) is 8.78 Å². The lowest BCUT2D eigenvalue weighted by Gasteiger charge is -2.43. The first-order chi connectivity index (χ1) is 16.6. The lowest BCUT2D eigenvalue weighted by molar-refractivity contribution is -0.140. The second-order valence-electron chi connectivity index (χ2n) is 11.8. The number of carboxylic acid groups (broad SMARTS) is 1. The molecular formula is C26H39F2N3O3S2. The van der Waals surface area contributed by atoms with Crippen LogP contribution in [0.3, 0.4) is 0 Å². The highest BCUT2D eigenvalue weighted by molar-refractivity contribution is 8.19. The average Bonchev–Trinajstić information content (AvgIpc) is 3.02. The van der Waals surface area contributed by atoms with E-state index in [0.29, 0.717) is 37.3 Å². The molecule has 2 fully saturated rings. The molecule has 6 nitrogen and oxygen atoms in total. The number of rotatable bonds is 7. The number of thioether (sulfide) groups is 2. The summed E-state index contributed by atoms with van der Waals surface area (Å²) < 4.78 is 28.9. The number of carboxylic acids is 1. The predicted molar refractivity (Wildman–Crippen MR) is 145 cm³/mol. The topological polar surface area (TPSA) is 64.1 Å². The molecule has 2 unspecified atom stereocenters. The van der Waals surface area contributed by atoms with Crippen LogP contribution in [0.4, 0.5) is 14.5 Å². The van der Waals surface area contributed by atoms with Gasteiger partial charge in [0.05, 0.1) is 12.1 Å². The molecule has 2 heterocycles. The Morgan fingerprint density at radius 2 is 1.75 bits per heavy atom. The van der Waals surface area contributed by atoms with Crippen LogP contribution in [-0.2, 0) is 9.59 Å². The van der Waals surface area contributed by atoms with Crippen LogP contribution in [0, 0.1) is 17.0 Å². The van der Waals surface area contributed by atoms with Gasteiger partial charge in [0.25, 0.3) is 5.91 Å². The maximum Gasteiger partial charge on any atom is 0.306 e. The van der Waals surface area contributed by atoms with Crippen molar-refractivity contribution < 1.29 is 23.5 Å². The van der Waals surface area contributed by atoms with Gasteiger partial charge in [-0.05, 0) is 44.9 Å². The molecule has 0 aromatic heterocycles. The third-order valence-corrected chi connectivity index (χ3v) is 10.1. The summed E-state index contributed by atoms with van der Waals surface area (Å²) in [5.41, 5.74) is 0.614. The smallest absolute Gasteiger partial charge is 0.306 e. The number of carbonyl (C=O) groups excluding carboxylic acids is 1. The van der Waals surface area contributed by atoms with Gasteiger partial charge in [-0.2, -0.15) is 0 Å². The van der Waals surface area contributed by atoms with Crippen molar-refractivity contribution in [2.24, 2.45) is 5.41 Å². The predicted octanol–water partition coefficient (Wildman–Crippen LogP) is 5.43. The first-order valence-corrected chi connectivity index (χ1v) is 14.4. The van der Waals surface area contributed by atoms with Gasteiger partial charge in [0.1, 0.15) is 17.0 Å². The number of amides is 1. The molecule has 2 saturated heterocycles. The minimum Gasteiger partial charge on any atom is -0.481 e. The number of aliphatic carboxylic acids is 1. The molecule has 0 radical (unpaired) electrons. The van der Waals surface area contributed by atoms with E-state index in [1.807, 2.05) is 4.90 Å². The molecule has 0 aliphatic carbocycles. The van der Waals surface area contributed by atoms with Crippen LogP contribution in [0.5, 0.6) is 0 Å². The highest BCUT2D eigenvalue weighted by Crippen LogP contribution is 2.57. The van der Waals surface area contributed by atoms with Crippen molar-refractivity contribution in [1.29, 1.82) is 0 Å². The van der Waals surface area contributed by atoms with E-state index in [0.717, 1.165) is 19.2 Å². The number of hydrogen-bond donors (Lipinski definition) is 1. The normalized spacial score (nSPS) is 24.0. The van der Waals surface area contributed by atoms with Gasteiger partial charge in [-0.15, -0.1) is 23.5 Å². The highest BCUT2D eigenvalue weighted by Gasteiger charge is 2.54. The van der Waals surface area contributed by atoms with E-state index in [-0.39, 0.29) is 23.3 Å². The molecule has 2 atom stereocenters. The molecule has 36 heavy (non-hydrogen) atoms. The Hall–Kier alpha value is -1.52. The molecule has 2 aliphatic rings. The fourth-order valence-electron chi connectivity index (χ4n) is 4.76. The maximum atomic E-state index is 15.5. The average molecular weight is 544 g/mol. The maximum absolute atomic E-state index is 15.5. The Bertz CT molecular complexity index is 988. The SMILES string of the molecule is CSC1(CC(=O)O)SC(c2cc(F)cc(F)c2N2CCN(C(C)(C)C)CC2)N(CCC(C)(C)C)C1=O. The minimum absolute atomic E-state index is 0.0114. The molecule has 1 N–H and O–H groups in total. The van der Waals surface area contributed by atoms with Crippen molar-refractivity contribution in [1.82, 2.24) is 9.80 Å². The van der Waals surface area contributed by atoms with Crippen LogP contribution in [0.1, 0.15) is 65.3 Å². The summed E-state index contributed by atoms with van der Waals surface area (Å²) in [5, 5.41) is 8.91. The van der Waals surface area contributed by atoms with E-state index in [1.165, 1.54) is 29.6 Å². The van der Waals surface area contributed by atoms with Crippen LogP contribution in [0.15, 0.2) is 12.1 Å². The first kappa shape index (κ1) is 29.0. The number of benzene rings is 1. The van der Waals surface area contributed by atoms with Gasteiger partial charge in [0, 0.05) is 49.9 Å². The van der Waals surface area contributed by atoms with Gasteiger partial charge in [0.2, 0.25) is 0 Å². The Labute approximate surface area is 222 Å². The fourth-order valence-corrected chi connectivity index (χ4v) is 7.40. The summed E-state index contributed by atoms with van der Waals surface area (Å²) in [5.74, 6) is -2.74. The van der Waals surface area contributed by atoms with Crippen LogP contribution in [-0.4, -0.2) is 75.4 Å². The molecule has 1 aromatic rings. The van der Waals surface area contributed by atoms with Crippen molar-refractivity contribution in [2.45, 2.75) is 69.4 Å². The molecule has 1 aromatic carbocycles. The zero-order valence-corrected chi connectivity index (χ0v) is 24.0. The largest absolute Gasteiger partial charge is 0.481 e. The molecule has 202 valence electrons. The molecule has 0 spiro atoms. The standard InChI is InChI=1S/C26H39F2N3O3S2/c1-24(2,3)8-9-31-22(36-26(35-7,23(31)34)16-20(32)33)18-14-17(27)15-19(28)21(18)29-10-12-30(13-11-29)25(4,5)6/h14-15,22H,8-13,16H2,1-7H3,(H,32,33). The summed E-state index contributed by atoms with van der Waals surface area (Å²) in [6.07, 6.45) is 2.03. The summed E-state index contributed by atoms with van der Waals surface area (Å²) in [6, 6.07) is 2.22. The van der Waals surface area contributed by atoms with Crippen molar-refractivity contribution in [3.63, 3.8) is 0 Å². The van der Waals surface area contributed by atoms with E-state index in [2.05, 4.69) is 46.4 Å². The summed E-state index contributed by atoms with van der Waals surface area (Å²) in [7, 11) is 0. The molecule has 3 rings (SSSR count). The number of hydrogen-bond acceptors (Lipinski definition) is 6. The molecule has 0 bridgehead atoms. The second kappa shape index (κ2) is 10.7. The third kappa shape index (κ3) is 6.30. The van der Waals surface area contributed by atoms with Crippen LogP contribution < -0.4 is 4.90 Å². The minimum atomic E-state index is -1.25. The monoisotopic (exact) mass is 543 g/mol. The second-order valence-corrected chi connectivity index (χ2v) is 14.5. The van der Waals surface area contributed by atoms with E-state index in [9.17, 15) is 19.1 Å². The Morgan fingerprint density at radius 3 is 2.25 bits per heavy atom. The molecular weight excluding hydrogens is 504 g/mol. The van der Waals surface area contributed by atoms with E-state index in [4.69, 9.17) is 0 Å². The Morgan fingerprint density at radius 1 is 1.14 bits per heavy atom. The van der Waals surface area contributed by atoms with Crippen LogP contribution >= 0.6 is 23.5 Å². The van der Waals surface area contributed by atoms with E-state index in [1.54, 1.807) is 11.2 Å². The van der Waals surface area contributed by atoms with Gasteiger partial charge in [0.15, 0.2) is 4.08 Å². The number of anilines is 1. The third-order valence-electron chi connectivity index (χ3n) is 6.86. The summed E-state index contributed by atoms with van der Waals surface area (Å²) in [6.45, 7) is 15.6. The Kier molecular flexibility index (Phi) is 8.62. The van der Waals surface area contributed by atoms with Crippen molar-refractivity contribution >= 4 is 41.1 Å². The van der Waals surface area contributed by atoms with Crippen molar-refractivity contribution in [2.75, 3.05) is 43.9 Å². The van der Waals surface area contributed by atoms with Crippen LogP contribution in [0.2, 0.25) is 0 Å². The zero-order chi connectivity index (χ0) is 27.1. The van der Waals surface area contributed by atoms with Gasteiger partial charge >= 0.3 is 5.97 Å². The quantitative estimate of drug-likeness (QED) is 0.492. The first-order valence-electron chi connectivity index (χ1n) is 12.3. The van der Waals surface area contributed by atoms with Gasteiger partial charge < -0.3 is 14.9 Å². The molecule has 2 aliphatic heterocycles. The number of piperazine rings is 1. The van der Waals surface area contributed by atoms with Gasteiger partial charge in [-0.3, -0.25) is 14.5 Å². The number of nitrogens with zero attached hydrogens (tertiary/aromatic N) is 3. The zero-order valence-electron chi connectivity index (χ0n) is 22.4. The van der Waals surface area contributed by atoms with Crippen LogP contribution in [0.25, 0.3) is 0 Å². The highest BCUT2D eigenvalue weighted by atomic mass is 32.2. The fraction of sp³-hybridized carbons (Fsp3) is 0.692. The van der Waals surface area contributed by atoms with E-state index < -0.39 is 27.1 Å². The van der Waals surface area contributed by atoms with E-state index >= 15 is 4.39 Å². The lowest BCUT2D eigenvalue weighted by Crippen LogP contribution is -2.53. The molecule has 1 amide bonds. The summed E-state index contributed by atoms with van der Waals surface area (Å²) >= 11 is 2.38. The molecule has 0 saturated carbocycles. The summed E-state index contributed by atoms with van der Waals surface area (Å²) in [4.78, 5) is 31.4. The van der Waals surface area contributed by atoms with Crippen molar-refractivity contribution in [3.8, 4) is 0 Å². The lowest BCUT2D eigenvalue weighted by atomic mass is 9.92. The molecule has 10 heteroatoms. The Balaban J connectivity index is 2.05. The van der Waals surface area contributed by atoms with Crippen molar-refractivity contribution in [3.05, 3.63) is 29.3 Å². The number of halogens is 2. The van der Waals surface area contributed by atoms with Gasteiger partial charge in [-0.1, -0.05) is 20.8 Å². The number of carbonyl (C=O) groups is 2.